The molecule has 3 nitrogen and oxygen atoms in total. The normalized spacial score (nSPS) is 25.4. The molecule has 20 heavy (non-hydrogen) atoms. The minimum atomic E-state index is -0.966. The van der Waals surface area contributed by atoms with Crippen molar-refractivity contribution >= 4 is 17.3 Å². The largest absolute Gasteiger partial charge is 0.371 e. The summed E-state index contributed by atoms with van der Waals surface area (Å²) in [5.41, 5.74) is -0.159. The lowest BCUT2D eigenvalue weighted by Crippen LogP contribution is -2.66. The van der Waals surface area contributed by atoms with Gasteiger partial charge in [-0.1, -0.05) is 12.1 Å². The van der Waals surface area contributed by atoms with Gasteiger partial charge in [-0.3, -0.25) is 0 Å². The molecule has 5 heteroatoms. The topological polar surface area (TPSA) is 35.5 Å². The van der Waals surface area contributed by atoms with Crippen molar-refractivity contribution in [2.45, 2.75) is 44.9 Å². The second kappa shape index (κ2) is 5.30. The van der Waals surface area contributed by atoms with Crippen molar-refractivity contribution in [3.8, 4) is 0 Å². The maximum absolute atomic E-state index is 12.9. The van der Waals surface area contributed by atoms with Crippen LogP contribution in [0.2, 0.25) is 0 Å². The summed E-state index contributed by atoms with van der Waals surface area (Å²) >= 11 is 5.36. The molecule has 110 valence electrons. The number of hydrogen-bond donors (Lipinski definition) is 2. The Kier molecular flexibility index (Phi) is 4.02. The van der Waals surface area contributed by atoms with Crippen LogP contribution >= 0.6 is 12.2 Å². The first kappa shape index (κ1) is 15.2. The predicted octanol–water partition coefficient (Wildman–Crippen LogP) is 2.44. The first-order valence-corrected chi connectivity index (χ1v) is 7.17. The second-order valence-electron chi connectivity index (χ2n) is 6.24. The lowest BCUT2D eigenvalue weighted by atomic mass is 9.90. The van der Waals surface area contributed by atoms with Crippen molar-refractivity contribution in [1.29, 1.82) is 0 Å². The van der Waals surface area contributed by atoms with Gasteiger partial charge in [0, 0.05) is 18.5 Å². The van der Waals surface area contributed by atoms with E-state index in [1.165, 1.54) is 12.1 Å². The Hall–Kier alpha value is -1.20. The summed E-state index contributed by atoms with van der Waals surface area (Å²) < 4.78 is 12.9. The van der Waals surface area contributed by atoms with E-state index in [0.717, 1.165) is 5.56 Å². The van der Waals surface area contributed by atoms with Crippen LogP contribution in [0.15, 0.2) is 24.3 Å². The molecule has 0 bridgehead atoms. The monoisotopic (exact) mass is 296 g/mol. The predicted molar refractivity (Wildman–Crippen MR) is 81.9 cm³/mol. The summed E-state index contributed by atoms with van der Waals surface area (Å²) in [6, 6.07) is 6.41. The van der Waals surface area contributed by atoms with Crippen LogP contribution in [-0.4, -0.2) is 32.9 Å². The molecule has 0 unspecified atom stereocenters. The highest BCUT2D eigenvalue weighted by Crippen LogP contribution is 2.29. The average molecular weight is 296 g/mol. The Bertz CT molecular complexity index is 499. The lowest BCUT2D eigenvalue weighted by molar-refractivity contribution is -0.0876. The molecule has 0 aromatic heterocycles. The highest BCUT2D eigenvalue weighted by Gasteiger charge is 2.42. The SMILES string of the molecule is CC1(C)C[C@@](C)(O)N(CCc2ccc(F)cc2)C(=S)N1. The first-order chi connectivity index (χ1) is 9.20. The van der Waals surface area contributed by atoms with Crippen molar-refractivity contribution in [2.24, 2.45) is 0 Å². The fourth-order valence-electron chi connectivity index (χ4n) is 2.79. The molecule has 1 saturated heterocycles. The van der Waals surface area contributed by atoms with E-state index < -0.39 is 5.72 Å². The molecule has 1 aliphatic rings. The van der Waals surface area contributed by atoms with Gasteiger partial charge in [0.15, 0.2) is 5.11 Å². The molecule has 0 aliphatic carbocycles. The van der Waals surface area contributed by atoms with Gasteiger partial charge in [0.2, 0.25) is 0 Å². The summed E-state index contributed by atoms with van der Waals surface area (Å²) in [5, 5.41) is 14.4. The van der Waals surface area contributed by atoms with Crippen LogP contribution in [0.3, 0.4) is 0 Å². The van der Waals surface area contributed by atoms with E-state index in [4.69, 9.17) is 12.2 Å². The van der Waals surface area contributed by atoms with Crippen LogP contribution in [0.25, 0.3) is 0 Å². The third-order valence-electron chi connectivity index (χ3n) is 3.59. The molecule has 1 fully saturated rings. The van der Waals surface area contributed by atoms with Crippen molar-refractivity contribution in [3.05, 3.63) is 35.6 Å². The quantitative estimate of drug-likeness (QED) is 0.840. The molecule has 1 aromatic carbocycles. The molecule has 0 saturated carbocycles. The van der Waals surface area contributed by atoms with Gasteiger partial charge in [0.1, 0.15) is 11.5 Å². The number of benzene rings is 1. The van der Waals surface area contributed by atoms with Crippen LogP contribution in [0.4, 0.5) is 4.39 Å². The number of halogens is 1. The highest BCUT2D eigenvalue weighted by atomic mass is 32.1. The summed E-state index contributed by atoms with van der Waals surface area (Å²) in [6.07, 6.45) is 1.29. The van der Waals surface area contributed by atoms with Crippen molar-refractivity contribution in [1.82, 2.24) is 10.2 Å². The molecule has 0 radical (unpaired) electrons. The molecule has 2 rings (SSSR count). The number of aliphatic hydroxyl groups is 1. The summed E-state index contributed by atoms with van der Waals surface area (Å²) in [5.74, 6) is -0.238. The molecule has 0 spiro atoms. The van der Waals surface area contributed by atoms with Gasteiger partial charge in [-0.25, -0.2) is 4.39 Å². The number of thiocarbonyl (C=S) groups is 1. The Labute approximate surface area is 124 Å². The van der Waals surface area contributed by atoms with E-state index in [1.807, 2.05) is 13.8 Å². The van der Waals surface area contributed by atoms with Crippen molar-refractivity contribution in [3.63, 3.8) is 0 Å². The molecular formula is C15H21FN2OS. The molecule has 2 N–H and O–H groups in total. The number of nitrogens with one attached hydrogen (secondary N) is 1. The van der Waals surface area contributed by atoms with E-state index >= 15 is 0 Å². The van der Waals surface area contributed by atoms with Gasteiger partial charge in [-0.2, -0.15) is 0 Å². The fourth-order valence-corrected chi connectivity index (χ4v) is 3.35. The molecule has 1 atom stereocenters. The minimum Gasteiger partial charge on any atom is -0.371 e. The van der Waals surface area contributed by atoms with Gasteiger partial charge in [-0.05, 0) is 57.1 Å². The van der Waals surface area contributed by atoms with E-state index in [9.17, 15) is 9.50 Å². The molecule has 1 heterocycles. The third kappa shape index (κ3) is 3.46. The van der Waals surface area contributed by atoms with Gasteiger partial charge in [0.25, 0.3) is 0 Å². The van der Waals surface area contributed by atoms with Gasteiger partial charge in [0.05, 0.1) is 0 Å². The smallest absolute Gasteiger partial charge is 0.171 e. The van der Waals surface area contributed by atoms with Crippen LogP contribution < -0.4 is 5.32 Å². The Morgan fingerprint density at radius 2 is 1.90 bits per heavy atom. The molecule has 0 amide bonds. The highest BCUT2D eigenvalue weighted by molar-refractivity contribution is 7.80. The van der Waals surface area contributed by atoms with Gasteiger partial charge >= 0.3 is 0 Å². The van der Waals surface area contributed by atoms with E-state index in [2.05, 4.69) is 5.32 Å². The molecule has 1 aliphatic heterocycles. The zero-order valence-corrected chi connectivity index (χ0v) is 12.9. The second-order valence-corrected chi connectivity index (χ2v) is 6.62. The lowest BCUT2D eigenvalue weighted by Gasteiger charge is -2.49. The fraction of sp³-hybridized carbons (Fsp3) is 0.533. The zero-order valence-electron chi connectivity index (χ0n) is 12.1. The van der Waals surface area contributed by atoms with Crippen LogP contribution in [0, 0.1) is 5.82 Å². The van der Waals surface area contributed by atoms with E-state index in [0.29, 0.717) is 24.5 Å². The number of nitrogens with zero attached hydrogens (tertiary/aromatic N) is 1. The summed E-state index contributed by atoms with van der Waals surface area (Å²) in [4.78, 5) is 1.80. The summed E-state index contributed by atoms with van der Waals surface area (Å²) in [7, 11) is 0. The standard InChI is InChI=1S/C15H21FN2OS/c1-14(2)10-15(3,19)18(13(20)17-14)9-8-11-4-6-12(16)7-5-11/h4-7,19H,8-10H2,1-3H3,(H,17,20)/t15-/m1/s1. The first-order valence-electron chi connectivity index (χ1n) is 6.76. The van der Waals surface area contributed by atoms with Gasteiger partial charge in [-0.15, -0.1) is 0 Å². The van der Waals surface area contributed by atoms with Crippen molar-refractivity contribution < 1.29 is 9.50 Å². The van der Waals surface area contributed by atoms with Crippen LogP contribution in [0.5, 0.6) is 0 Å². The minimum absolute atomic E-state index is 0.215. The summed E-state index contributed by atoms with van der Waals surface area (Å²) in [6.45, 7) is 6.42. The zero-order chi connectivity index (χ0) is 15.0. The molecule has 1 aromatic rings. The maximum Gasteiger partial charge on any atom is 0.171 e. The number of rotatable bonds is 3. The molecular weight excluding hydrogens is 275 g/mol. The maximum atomic E-state index is 12.9. The Morgan fingerprint density at radius 3 is 2.45 bits per heavy atom. The third-order valence-corrected chi connectivity index (χ3v) is 3.91. The Balaban J connectivity index is 2.05. The van der Waals surface area contributed by atoms with Crippen molar-refractivity contribution in [2.75, 3.05) is 6.54 Å². The number of hydrogen-bond acceptors (Lipinski definition) is 2. The average Bonchev–Trinajstić information content (AvgIpc) is 2.27. The van der Waals surface area contributed by atoms with E-state index in [1.54, 1.807) is 24.0 Å². The van der Waals surface area contributed by atoms with Crippen LogP contribution in [0.1, 0.15) is 32.8 Å². The Morgan fingerprint density at radius 1 is 1.30 bits per heavy atom. The van der Waals surface area contributed by atoms with Gasteiger partial charge < -0.3 is 15.3 Å². The van der Waals surface area contributed by atoms with E-state index in [-0.39, 0.29) is 11.4 Å². The van der Waals surface area contributed by atoms with Crippen LogP contribution in [-0.2, 0) is 6.42 Å².